The van der Waals surface area contributed by atoms with Crippen LogP contribution in [0.4, 0.5) is 0 Å². The quantitative estimate of drug-likeness (QED) is 0.278. The predicted molar refractivity (Wildman–Crippen MR) is 153 cm³/mol. The summed E-state index contributed by atoms with van der Waals surface area (Å²) in [7, 11) is 1.60. The van der Waals surface area contributed by atoms with E-state index in [0.717, 1.165) is 68.4 Å². The highest BCUT2D eigenvalue weighted by Gasteiger charge is 2.19. The fraction of sp³-hybridized carbons (Fsp3) is 0.438. The Balaban J connectivity index is 1.68. The van der Waals surface area contributed by atoms with Crippen molar-refractivity contribution in [3.63, 3.8) is 0 Å². The molecule has 0 unspecified atom stereocenters. The van der Waals surface area contributed by atoms with E-state index in [0.29, 0.717) is 23.7 Å². The first kappa shape index (κ1) is 28.6. The van der Waals surface area contributed by atoms with Gasteiger partial charge in [0.05, 0.1) is 37.1 Å². The lowest BCUT2D eigenvalue weighted by molar-refractivity contribution is 0.0321. The van der Waals surface area contributed by atoms with E-state index in [1.807, 2.05) is 6.92 Å². The SMILES string of the molecule is CCc1cccc(CC)c1-c1cc(OCCN2CCOCC2)c(COc2cc(OC)ccc2C(C)=O)c(C)n1. The summed E-state index contributed by atoms with van der Waals surface area (Å²) in [6.45, 7) is 12.8. The number of methoxy groups -OCH3 is 1. The zero-order valence-corrected chi connectivity index (χ0v) is 23.8. The van der Waals surface area contributed by atoms with Gasteiger partial charge >= 0.3 is 0 Å². The minimum atomic E-state index is -0.0666. The highest BCUT2D eigenvalue weighted by molar-refractivity contribution is 5.97. The number of carbonyl (C=O) groups excluding carboxylic acids is 1. The van der Waals surface area contributed by atoms with Crippen molar-refractivity contribution in [2.45, 2.75) is 47.1 Å². The monoisotopic (exact) mass is 532 g/mol. The van der Waals surface area contributed by atoms with Crippen LogP contribution >= 0.6 is 0 Å². The molecule has 1 aromatic heterocycles. The largest absolute Gasteiger partial charge is 0.497 e. The normalized spacial score (nSPS) is 13.8. The van der Waals surface area contributed by atoms with Crippen molar-refractivity contribution in [2.75, 3.05) is 46.6 Å². The first-order valence-corrected chi connectivity index (χ1v) is 13.8. The second kappa shape index (κ2) is 13.6. The lowest BCUT2D eigenvalue weighted by Gasteiger charge is -2.26. The Labute approximate surface area is 232 Å². The fourth-order valence-electron chi connectivity index (χ4n) is 4.97. The molecule has 0 N–H and O–H groups in total. The molecule has 1 fully saturated rings. The van der Waals surface area contributed by atoms with E-state index in [4.69, 9.17) is 23.9 Å². The van der Waals surface area contributed by atoms with E-state index in [9.17, 15) is 4.79 Å². The van der Waals surface area contributed by atoms with Crippen molar-refractivity contribution in [1.82, 2.24) is 9.88 Å². The summed E-state index contributed by atoms with van der Waals surface area (Å²) in [5.74, 6) is 1.80. The molecule has 208 valence electrons. The van der Waals surface area contributed by atoms with Crippen molar-refractivity contribution < 1.29 is 23.7 Å². The molecular formula is C32H40N2O5. The zero-order valence-electron chi connectivity index (χ0n) is 23.8. The van der Waals surface area contributed by atoms with Gasteiger partial charge in [-0.1, -0.05) is 32.0 Å². The predicted octanol–water partition coefficient (Wildman–Crippen LogP) is 5.68. The van der Waals surface area contributed by atoms with Crippen LogP contribution in [0.1, 0.15) is 53.5 Å². The maximum Gasteiger partial charge on any atom is 0.163 e. The summed E-state index contributed by atoms with van der Waals surface area (Å²) in [5.41, 5.74) is 6.86. The van der Waals surface area contributed by atoms with E-state index in [2.05, 4.69) is 43.0 Å². The van der Waals surface area contributed by atoms with Gasteiger partial charge < -0.3 is 18.9 Å². The van der Waals surface area contributed by atoms with Gasteiger partial charge in [0, 0.05) is 43.0 Å². The van der Waals surface area contributed by atoms with Crippen LogP contribution in [0.25, 0.3) is 11.3 Å². The maximum absolute atomic E-state index is 12.3. The standard InChI is InChI=1S/C32H40N2O5/c1-6-24-9-8-10-25(7-2)32(24)29-20-31(38-18-15-34-13-16-37-17-14-34)28(22(3)33-29)21-39-30-19-26(36-5)11-12-27(30)23(4)35/h8-12,19-20H,6-7,13-18,21H2,1-5H3. The number of benzene rings is 2. The summed E-state index contributed by atoms with van der Waals surface area (Å²) < 4.78 is 23.5. The summed E-state index contributed by atoms with van der Waals surface area (Å²) in [6, 6.07) is 13.8. The first-order valence-electron chi connectivity index (χ1n) is 13.8. The molecule has 1 saturated heterocycles. The van der Waals surface area contributed by atoms with Gasteiger partial charge in [-0.2, -0.15) is 0 Å². The van der Waals surface area contributed by atoms with E-state index < -0.39 is 0 Å². The van der Waals surface area contributed by atoms with Crippen LogP contribution in [0.15, 0.2) is 42.5 Å². The summed E-state index contributed by atoms with van der Waals surface area (Å²) in [4.78, 5) is 19.7. The van der Waals surface area contributed by atoms with Gasteiger partial charge in [0.25, 0.3) is 0 Å². The van der Waals surface area contributed by atoms with Crippen molar-refractivity contribution in [3.05, 3.63) is 70.4 Å². The first-order chi connectivity index (χ1) is 18.9. The van der Waals surface area contributed by atoms with E-state index in [1.165, 1.54) is 23.6 Å². The Kier molecular flexibility index (Phi) is 9.96. The second-order valence-electron chi connectivity index (χ2n) is 9.74. The van der Waals surface area contributed by atoms with Crippen LogP contribution in [-0.2, 0) is 24.2 Å². The minimum absolute atomic E-state index is 0.0666. The Hall–Kier alpha value is -3.42. The average molecular weight is 533 g/mol. The van der Waals surface area contributed by atoms with Crippen LogP contribution < -0.4 is 14.2 Å². The number of morpholine rings is 1. The molecule has 0 radical (unpaired) electrons. The van der Waals surface area contributed by atoms with Crippen LogP contribution in [0, 0.1) is 6.92 Å². The molecule has 1 aliphatic rings. The number of hydrogen-bond acceptors (Lipinski definition) is 7. The average Bonchev–Trinajstić information content (AvgIpc) is 2.96. The molecule has 4 rings (SSSR count). The Morgan fingerprint density at radius 3 is 2.36 bits per heavy atom. The second-order valence-corrected chi connectivity index (χ2v) is 9.74. The highest BCUT2D eigenvalue weighted by atomic mass is 16.5. The van der Waals surface area contributed by atoms with Crippen molar-refractivity contribution in [3.8, 4) is 28.5 Å². The molecular weight excluding hydrogens is 492 g/mol. The molecule has 3 aromatic rings. The van der Waals surface area contributed by atoms with E-state index >= 15 is 0 Å². The lowest BCUT2D eigenvalue weighted by atomic mass is 9.94. The van der Waals surface area contributed by atoms with Gasteiger partial charge in [0.2, 0.25) is 0 Å². The van der Waals surface area contributed by atoms with Crippen LogP contribution in [-0.4, -0.2) is 62.2 Å². The topological polar surface area (TPSA) is 70.1 Å². The third-order valence-corrected chi connectivity index (χ3v) is 7.25. The van der Waals surface area contributed by atoms with Gasteiger partial charge in [-0.25, -0.2) is 0 Å². The number of aromatic nitrogens is 1. The van der Waals surface area contributed by atoms with Gasteiger partial charge in [0.1, 0.15) is 30.5 Å². The zero-order chi connectivity index (χ0) is 27.8. The summed E-state index contributed by atoms with van der Waals surface area (Å²) in [5, 5.41) is 0. The van der Waals surface area contributed by atoms with Gasteiger partial charge in [-0.15, -0.1) is 0 Å². The lowest BCUT2D eigenvalue weighted by Crippen LogP contribution is -2.38. The number of nitrogens with zero attached hydrogens (tertiary/aromatic N) is 2. The number of rotatable bonds is 12. The van der Waals surface area contributed by atoms with Crippen LogP contribution in [0.3, 0.4) is 0 Å². The molecule has 39 heavy (non-hydrogen) atoms. The molecule has 0 aliphatic carbocycles. The number of aryl methyl sites for hydroxylation is 3. The molecule has 7 heteroatoms. The molecule has 7 nitrogen and oxygen atoms in total. The fourth-order valence-corrected chi connectivity index (χ4v) is 4.97. The maximum atomic E-state index is 12.3. The minimum Gasteiger partial charge on any atom is -0.497 e. The number of carbonyl (C=O) groups is 1. The van der Waals surface area contributed by atoms with E-state index in [1.54, 1.807) is 25.3 Å². The summed E-state index contributed by atoms with van der Waals surface area (Å²) in [6.07, 6.45) is 1.84. The number of Topliss-reactive ketones (excluding diaryl/α,β-unsaturated/α-hetero) is 1. The number of ether oxygens (including phenoxy) is 4. The molecule has 0 spiro atoms. The van der Waals surface area contributed by atoms with Crippen LogP contribution in [0.5, 0.6) is 17.2 Å². The Morgan fingerprint density at radius 2 is 1.72 bits per heavy atom. The smallest absolute Gasteiger partial charge is 0.163 e. The summed E-state index contributed by atoms with van der Waals surface area (Å²) >= 11 is 0. The molecule has 0 atom stereocenters. The third-order valence-electron chi connectivity index (χ3n) is 7.25. The van der Waals surface area contributed by atoms with E-state index in [-0.39, 0.29) is 12.4 Å². The van der Waals surface area contributed by atoms with Crippen molar-refractivity contribution >= 4 is 5.78 Å². The highest BCUT2D eigenvalue weighted by Crippen LogP contribution is 2.34. The molecule has 2 heterocycles. The Morgan fingerprint density at radius 1 is 1.00 bits per heavy atom. The number of pyridine rings is 1. The molecule has 0 amide bonds. The van der Waals surface area contributed by atoms with Crippen molar-refractivity contribution in [2.24, 2.45) is 0 Å². The molecule has 0 saturated carbocycles. The van der Waals surface area contributed by atoms with Gasteiger partial charge in [-0.05, 0) is 49.9 Å². The molecule has 1 aliphatic heterocycles. The van der Waals surface area contributed by atoms with Crippen molar-refractivity contribution in [1.29, 1.82) is 0 Å². The third kappa shape index (κ3) is 6.97. The Bertz CT molecular complexity index is 1260. The van der Waals surface area contributed by atoms with Crippen LogP contribution in [0.2, 0.25) is 0 Å². The molecule has 0 bridgehead atoms. The number of ketones is 1. The van der Waals surface area contributed by atoms with Gasteiger partial charge in [-0.3, -0.25) is 14.7 Å². The number of hydrogen-bond donors (Lipinski definition) is 0. The molecule has 2 aromatic carbocycles. The van der Waals surface area contributed by atoms with Gasteiger partial charge in [0.15, 0.2) is 5.78 Å².